The minimum atomic E-state index is 0.330. The Hall–Kier alpha value is -0.780. The molecule has 1 aromatic rings. The highest BCUT2D eigenvalue weighted by Crippen LogP contribution is 2.76. The van der Waals surface area contributed by atoms with Crippen molar-refractivity contribution in [2.75, 3.05) is 0 Å². The topological polar surface area (TPSA) is 0 Å². The smallest absolute Gasteiger partial charge is 0.00533 e. The molecule has 0 heterocycles. The molecule has 0 N–H and O–H groups in total. The number of hydrogen-bond donors (Lipinski definition) is 0. The van der Waals surface area contributed by atoms with Crippen molar-refractivity contribution in [2.24, 2.45) is 11.3 Å². The molecule has 4 unspecified atom stereocenters. The van der Waals surface area contributed by atoms with E-state index < -0.39 is 0 Å². The van der Waals surface area contributed by atoms with Gasteiger partial charge in [-0.1, -0.05) is 53.7 Å². The van der Waals surface area contributed by atoms with Gasteiger partial charge in [0.15, 0.2) is 0 Å². The molecule has 1 saturated carbocycles. The molecular weight excluding hydrogens is 228 g/mol. The SMILES string of the molecule is Cc1cc2c3cc1C1(C)CC3(C)C2(C)C(C)C1(C)C. The molecule has 0 radical (unpaired) electrons. The average Bonchev–Trinajstić information content (AvgIpc) is 2.34. The Bertz CT molecular complexity index is 623. The fourth-order valence-electron chi connectivity index (χ4n) is 6.27. The van der Waals surface area contributed by atoms with Crippen LogP contribution in [0.1, 0.15) is 70.2 Å². The maximum absolute atomic E-state index is 2.56. The van der Waals surface area contributed by atoms with Gasteiger partial charge in [0.1, 0.15) is 0 Å². The molecule has 0 amide bonds. The largest absolute Gasteiger partial charge is 0.0611 e. The van der Waals surface area contributed by atoms with E-state index in [4.69, 9.17) is 0 Å². The first-order chi connectivity index (χ1) is 8.60. The van der Waals surface area contributed by atoms with Crippen LogP contribution in [-0.4, -0.2) is 0 Å². The molecule has 1 aromatic carbocycles. The van der Waals surface area contributed by atoms with Crippen molar-refractivity contribution >= 4 is 0 Å². The van der Waals surface area contributed by atoms with Crippen LogP contribution in [0.15, 0.2) is 12.1 Å². The van der Waals surface area contributed by atoms with E-state index in [1.807, 2.05) is 0 Å². The van der Waals surface area contributed by atoms with Crippen LogP contribution in [0.4, 0.5) is 0 Å². The van der Waals surface area contributed by atoms with Crippen molar-refractivity contribution in [3.63, 3.8) is 0 Å². The lowest BCUT2D eigenvalue weighted by molar-refractivity contribution is -0.0898. The quantitative estimate of drug-likeness (QED) is 0.620. The highest BCUT2D eigenvalue weighted by molar-refractivity contribution is 5.64. The van der Waals surface area contributed by atoms with Crippen molar-refractivity contribution in [3.05, 3.63) is 34.4 Å². The molecule has 0 heteroatoms. The minimum absolute atomic E-state index is 0.330. The van der Waals surface area contributed by atoms with E-state index in [0.717, 1.165) is 5.92 Å². The Labute approximate surface area is 117 Å². The highest BCUT2D eigenvalue weighted by Gasteiger charge is 2.72. The zero-order valence-corrected chi connectivity index (χ0v) is 13.4. The molecule has 4 bridgehead atoms. The number of rotatable bonds is 0. The first-order valence-electron chi connectivity index (χ1n) is 7.77. The Morgan fingerprint density at radius 2 is 1.53 bits per heavy atom. The van der Waals surface area contributed by atoms with E-state index in [-0.39, 0.29) is 0 Å². The molecular formula is C19H26. The molecule has 0 aromatic heterocycles. The first-order valence-corrected chi connectivity index (χ1v) is 7.77. The van der Waals surface area contributed by atoms with Crippen molar-refractivity contribution in [1.82, 2.24) is 0 Å². The van der Waals surface area contributed by atoms with E-state index in [9.17, 15) is 0 Å². The maximum Gasteiger partial charge on any atom is 0.00533 e. The normalized spacial score (nSPS) is 48.1. The predicted octanol–water partition coefficient (Wildman–Crippen LogP) is 4.86. The van der Waals surface area contributed by atoms with E-state index in [1.165, 1.54) is 12.0 Å². The van der Waals surface area contributed by atoms with Gasteiger partial charge in [-0.2, -0.15) is 0 Å². The van der Waals surface area contributed by atoms with Crippen molar-refractivity contribution in [2.45, 2.75) is 71.1 Å². The van der Waals surface area contributed by atoms with Crippen LogP contribution in [0, 0.1) is 18.3 Å². The summed E-state index contributed by atoms with van der Waals surface area (Å²) in [7, 11) is 0. The second kappa shape index (κ2) is 2.67. The summed E-state index contributed by atoms with van der Waals surface area (Å²) in [5, 5.41) is 0. The molecule has 0 aliphatic heterocycles. The first kappa shape index (κ1) is 12.0. The molecule has 1 fully saturated rings. The standard InChI is InChI=1S/C19H26/c1-11-8-15-14-9-13(11)17(5)10-18(14,6)19(15,7)12(2)16(17,3)4/h8-9,12H,10H2,1-7H3. The summed E-state index contributed by atoms with van der Waals surface area (Å²) in [6.45, 7) is 17.4. The summed E-state index contributed by atoms with van der Waals surface area (Å²) in [6.07, 6.45) is 1.34. The van der Waals surface area contributed by atoms with E-state index in [0.29, 0.717) is 21.7 Å². The third kappa shape index (κ3) is 0.833. The van der Waals surface area contributed by atoms with Crippen LogP contribution in [0.5, 0.6) is 0 Å². The lowest BCUT2D eigenvalue weighted by Gasteiger charge is -2.75. The van der Waals surface area contributed by atoms with Gasteiger partial charge in [0.25, 0.3) is 0 Å². The highest BCUT2D eigenvalue weighted by atomic mass is 14.8. The van der Waals surface area contributed by atoms with Gasteiger partial charge in [0, 0.05) is 10.8 Å². The number of benzene rings is 1. The van der Waals surface area contributed by atoms with Gasteiger partial charge in [0.05, 0.1) is 0 Å². The van der Waals surface area contributed by atoms with Gasteiger partial charge in [0.2, 0.25) is 0 Å². The fraction of sp³-hybridized carbons (Fsp3) is 0.684. The van der Waals surface area contributed by atoms with Crippen LogP contribution in [0.2, 0.25) is 0 Å². The van der Waals surface area contributed by atoms with E-state index in [1.54, 1.807) is 16.7 Å². The number of hydrogen-bond acceptors (Lipinski definition) is 0. The summed E-state index contributed by atoms with van der Waals surface area (Å²) in [5.74, 6) is 0.732. The van der Waals surface area contributed by atoms with Crippen molar-refractivity contribution in [1.29, 1.82) is 0 Å². The minimum Gasteiger partial charge on any atom is -0.0611 e. The van der Waals surface area contributed by atoms with Crippen LogP contribution in [0.3, 0.4) is 0 Å². The Morgan fingerprint density at radius 3 is 2.16 bits per heavy atom. The van der Waals surface area contributed by atoms with Gasteiger partial charge < -0.3 is 0 Å². The molecule has 0 saturated heterocycles. The average molecular weight is 254 g/mol. The van der Waals surface area contributed by atoms with Gasteiger partial charge in [-0.3, -0.25) is 0 Å². The summed E-state index contributed by atoms with van der Waals surface area (Å²) < 4.78 is 0. The summed E-state index contributed by atoms with van der Waals surface area (Å²) in [4.78, 5) is 0. The van der Waals surface area contributed by atoms with Gasteiger partial charge in [-0.15, -0.1) is 0 Å². The zero-order valence-electron chi connectivity index (χ0n) is 13.4. The fourth-order valence-corrected chi connectivity index (χ4v) is 6.27. The molecule has 102 valence electrons. The van der Waals surface area contributed by atoms with Crippen LogP contribution < -0.4 is 0 Å². The predicted molar refractivity (Wildman–Crippen MR) is 80.8 cm³/mol. The van der Waals surface area contributed by atoms with Crippen LogP contribution >= 0.6 is 0 Å². The summed E-state index contributed by atoms with van der Waals surface area (Å²) in [5.41, 5.74) is 7.93. The van der Waals surface area contributed by atoms with Crippen LogP contribution in [-0.2, 0) is 16.2 Å². The van der Waals surface area contributed by atoms with Gasteiger partial charge in [-0.25, -0.2) is 0 Å². The summed E-state index contributed by atoms with van der Waals surface area (Å²) >= 11 is 0. The monoisotopic (exact) mass is 254 g/mol. The molecule has 3 aliphatic rings. The molecule has 4 atom stereocenters. The van der Waals surface area contributed by atoms with E-state index in [2.05, 4.69) is 60.6 Å². The van der Waals surface area contributed by atoms with Crippen molar-refractivity contribution < 1.29 is 0 Å². The third-order valence-corrected chi connectivity index (χ3v) is 8.34. The second-order valence-electron chi connectivity index (χ2n) is 8.70. The lowest BCUT2D eigenvalue weighted by atomic mass is 9.28. The maximum atomic E-state index is 2.56. The Kier molecular flexibility index (Phi) is 1.68. The van der Waals surface area contributed by atoms with Gasteiger partial charge in [-0.05, 0) is 52.3 Å². The molecule has 3 aliphatic carbocycles. The Morgan fingerprint density at radius 1 is 0.895 bits per heavy atom. The lowest BCUT2D eigenvalue weighted by Crippen LogP contribution is -2.72. The molecule has 19 heavy (non-hydrogen) atoms. The van der Waals surface area contributed by atoms with E-state index >= 15 is 0 Å². The van der Waals surface area contributed by atoms with Gasteiger partial charge >= 0.3 is 0 Å². The summed E-state index contributed by atoms with van der Waals surface area (Å²) in [6, 6.07) is 5.07. The molecule has 4 rings (SSSR count). The van der Waals surface area contributed by atoms with Crippen LogP contribution in [0.25, 0.3) is 0 Å². The third-order valence-electron chi connectivity index (χ3n) is 8.34. The Balaban J connectivity index is 2.20. The molecule has 0 nitrogen and oxygen atoms in total. The zero-order chi connectivity index (χ0) is 14.0. The number of fused-ring (bicyclic) bond motifs is 4. The molecule has 0 spiro atoms. The van der Waals surface area contributed by atoms with Crippen molar-refractivity contribution in [3.8, 4) is 0 Å². The number of aryl methyl sites for hydroxylation is 1. The second-order valence-corrected chi connectivity index (χ2v) is 8.70.